The lowest BCUT2D eigenvalue weighted by molar-refractivity contribution is 0.101. The van der Waals surface area contributed by atoms with E-state index >= 15 is 0 Å². The number of ether oxygens (including phenoxy) is 2. The van der Waals surface area contributed by atoms with Crippen molar-refractivity contribution in [2.45, 2.75) is 13.8 Å². The fourth-order valence-electron chi connectivity index (χ4n) is 2.90. The zero-order valence-corrected chi connectivity index (χ0v) is 17.7. The van der Waals surface area contributed by atoms with Crippen molar-refractivity contribution in [2.24, 2.45) is 0 Å². The second-order valence-corrected chi connectivity index (χ2v) is 6.92. The van der Waals surface area contributed by atoms with Crippen LogP contribution in [0.4, 0.5) is 11.4 Å². The molecule has 31 heavy (non-hydrogen) atoms. The average Bonchev–Trinajstić information content (AvgIpc) is 2.78. The highest BCUT2D eigenvalue weighted by Gasteiger charge is 2.08. The molecular formula is C25H26N2O4. The summed E-state index contributed by atoms with van der Waals surface area (Å²) in [6.07, 6.45) is 0. The number of amides is 2. The fraction of sp³-hybridized carbons (Fsp3) is 0.200. The van der Waals surface area contributed by atoms with Crippen molar-refractivity contribution in [3.05, 3.63) is 89.5 Å². The summed E-state index contributed by atoms with van der Waals surface area (Å²) < 4.78 is 10.8. The van der Waals surface area contributed by atoms with Crippen molar-refractivity contribution >= 4 is 23.2 Å². The molecule has 3 aromatic carbocycles. The maximum Gasteiger partial charge on any atom is 0.255 e. The van der Waals surface area contributed by atoms with E-state index in [9.17, 15) is 9.59 Å². The van der Waals surface area contributed by atoms with E-state index in [1.165, 1.54) is 0 Å². The number of nitrogens with one attached hydrogen (secondary N) is 2. The Kier molecular flexibility index (Phi) is 7.79. The summed E-state index contributed by atoms with van der Waals surface area (Å²) in [4.78, 5) is 24.8. The number of rotatable bonds is 9. The molecule has 0 saturated carbocycles. The van der Waals surface area contributed by atoms with Gasteiger partial charge in [0.15, 0.2) is 0 Å². The van der Waals surface area contributed by atoms with Gasteiger partial charge in [0.2, 0.25) is 0 Å². The second-order valence-electron chi connectivity index (χ2n) is 6.92. The summed E-state index contributed by atoms with van der Waals surface area (Å²) in [7, 11) is 0. The van der Waals surface area contributed by atoms with Gasteiger partial charge in [-0.2, -0.15) is 0 Å². The van der Waals surface area contributed by atoms with Crippen molar-refractivity contribution in [3.63, 3.8) is 0 Å². The molecule has 2 N–H and O–H groups in total. The molecule has 0 saturated heterocycles. The summed E-state index contributed by atoms with van der Waals surface area (Å²) in [5, 5.41) is 5.70. The minimum Gasteiger partial charge on any atom is -0.491 e. The SMILES string of the molecule is CCOCCOc1ccc(C(=O)Nc2ccc(NC(=O)c3cccc(C)c3)cc2)cc1. The molecule has 0 aromatic heterocycles. The maximum atomic E-state index is 12.5. The fourth-order valence-corrected chi connectivity index (χ4v) is 2.90. The van der Waals surface area contributed by atoms with Gasteiger partial charge in [0.05, 0.1) is 6.61 Å². The molecule has 0 aliphatic rings. The molecule has 3 aromatic rings. The van der Waals surface area contributed by atoms with Gasteiger partial charge in [-0.15, -0.1) is 0 Å². The monoisotopic (exact) mass is 418 g/mol. The van der Waals surface area contributed by atoms with Gasteiger partial charge in [0.1, 0.15) is 12.4 Å². The average molecular weight is 418 g/mol. The van der Waals surface area contributed by atoms with Gasteiger partial charge in [0.25, 0.3) is 11.8 Å². The topological polar surface area (TPSA) is 76.7 Å². The van der Waals surface area contributed by atoms with Crippen molar-refractivity contribution < 1.29 is 19.1 Å². The first-order valence-electron chi connectivity index (χ1n) is 10.1. The van der Waals surface area contributed by atoms with Crippen LogP contribution in [-0.2, 0) is 4.74 Å². The Morgan fingerprint density at radius 3 is 1.97 bits per heavy atom. The molecular weight excluding hydrogens is 392 g/mol. The zero-order valence-electron chi connectivity index (χ0n) is 17.7. The smallest absolute Gasteiger partial charge is 0.255 e. The minimum atomic E-state index is -0.225. The zero-order chi connectivity index (χ0) is 22.1. The number of carbonyl (C=O) groups excluding carboxylic acids is 2. The largest absolute Gasteiger partial charge is 0.491 e. The maximum absolute atomic E-state index is 12.5. The van der Waals surface area contributed by atoms with E-state index in [0.29, 0.717) is 48.1 Å². The summed E-state index contributed by atoms with van der Waals surface area (Å²) in [5.74, 6) is 0.284. The highest BCUT2D eigenvalue weighted by molar-refractivity contribution is 6.05. The molecule has 0 radical (unpaired) electrons. The molecule has 6 heteroatoms. The molecule has 160 valence electrons. The predicted molar refractivity (Wildman–Crippen MR) is 122 cm³/mol. The van der Waals surface area contributed by atoms with Crippen LogP contribution in [0.5, 0.6) is 5.75 Å². The third-order valence-electron chi connectivity index (χ3n) is 4.50. The van der Waals surface area contributed by atoms with Gasteiger partial charge >= 0.3 is 0 Å². The second kappa shape index (κ2) is 10.9. The van der Waals surface area contributed by atoms with Crippen molar-refractivity contribution in [3.8, 4) is 5.75 Å². The first-order chi connectivity index (χ1) is 15.0. The molecule has 3 rings (SSSR count). The lowest BCUT2D eigenvalue weighted by Gasteiger charge is -2.09. The molecule has 0 aliphatic heterocycles. The Hall–Kier alpha value is -3.64. The first kappa shape index (κ1) is 22.1. The Balaban J connectivity index is 1.53. The Bertz CT molecular complexity index is 1010. The molecule has 0 aliphatic carbocycles. The molecule has 6 nitrogen and oxygen atoms in total. The van der Waals surface area contributed by atoms with E-state index in [4.69, 9.17) is 9.47 Å². The summed E-state index contributed by atoms with van der Waals surface area (Å²) in [6.45, 7) is 5.52. The number of hydrogen-bond donors (Lipinski definition) is 2. The lowest BCUT2D eigenvalue weighted by atomic mass is 10.1. The number of carbonyl (C=O) groups is 2. The standard InChI is InChI=1S/C25H26N2O4/c1-3-30-15-16-31-23-13-7-19(8-14-23)24(28)26-21-9-11-22(12-10-21)27-25(29)20-6-4-5-18(2)17-20/h4-14,17H,3,15-16H2,1-2H3,(H,26,28)(H,27,29). The number of aryl methyl sites for hydroxylation is 1. The van der Waals surface area contributed by atoms with Crippen LogP contribution < -0.4 is 15.4 Å². The molecule has 0 heterocycles. The van der Waals surface area contributed by atoms with Crippen molar-refractivity contribution in [1.82, 2.24) is 0 Å². The molecule has 0 fully saturated rings. The van der Waals surface area contributed by atoms with Gasteiger partial charge in [0, 0.05) is 29.1 Å². The van der Waals surface area contributed by atoms with Crippen LogP contribution in [0.3, 0.4) is 0 Å². The van der Waals surface area contributed by atoms with E-state index in [1.54, 1.807) is 54.6 Å². The number of benzene rings is 3. The van der Waals surface area contributed by atoms with Crippen molar-refractivity contribution in [2.75, 3.05) is 30.5 Å². The van der Waals surface area contributed by atoms with Crippen LogP contribution in [0.15, 0.2) is 72.8 Å². The molecule has 0 unspecified atom stereocenters. The quantitative estimate of drug-likeness (QED) is 0.484. The third kappa shape index (κ3) is 6.69. The van der Waals surface area contributed by atoms with Gasteiger partial charge in [-0.1, -0.05) is 17.7 Å². The van der Waals surface area contributed by atoms with Crippen LogP contribution in [0.2, 0.25) is 0 Å². The highest BCUT2D eigenvalue weighted by atomic mass is 16.5. The van der Waals surface area contributed by atoms with Gasteiger partial charge in [-0.25, -0.2) is 0 Å². The Labute approximate surface area is 182 Å². The normalized spacial score (nSPS) is 10.4. The predicted octanol–water partition coefficient (Wildman–Crippen LogP) is 4.91. The van der Waals surface area contributed by atoms with E-state index in [2.05, 4.69) is 10.6 Å². The molecule has 0 atom stereocenters. The molecule has 2 amide bonds. The van der Waals surface area contributed by atoms with E-state index in [1.807, 2.05) is 32.0 Å². The lowest BCUT2D eigenvalue weighted by Crippen LogP contribution is -2.13. The van der Waals surface area contributed by atoms with Crippen LogP contribution >= 0.6 is 0 Å². The van der Waals surface area contributed by atoms with Crippen LogP contribution in [0.25, 0.3) is 0 Å². The molecule has 0 bridgehead atoms. The Morgan fingerprint density at radius 2 is 1.39 bits per heavy atom. The first-order valence-corrected chi connectivity index (χ1v) is 10.1. The van der Waals surface area contributed by atoms with Crippen LogP contribution in [0, 0.1) is 6.92 Å². The number of hydrogen-bond acceptors (Lipinski definition) is 4. The summed E-state index contributed by atoms with van der Waals surface area (Å²) >= 11 is 0. The highest BCUT2D eigenvalue weighted by Crippen LogP contribution is 2.17. The third-order valence-corrected chi connectivity index (χ3v) is 4.50. The molecule has 0 spiro atoms. The van der Waals surface area contributed by atoms with E-state index in [-0.39, 0.29) is 11.8 Å². The van der Waals surface area contributed by atoms with Gasteiger partial charge in [-0.05, 0) is 74.5 Å². The van der Waals surface area contributed by atoms with Gasteiger partial charge < -0.3 is 20.1 Å². The van der Waals surface area contributed by atoms with Crippen LogP contribution in [-0.4, -0.2) is 31.6 Å². The van der Waals surface area contributed by atoms with Gasteiger partial charge in [-0.3, -0.25) is 9.59 Å². The summed E-state index contributed by atoms with van der Waals surface area (Å²) in [5.41, 5.74) is 3.43. The van der Waals surface area contributed by atoms with Crippen molar-refractivity contribution in [1.29, 1.82) is 0 Å². The van der Waals surface area contributed by atoms with Crippen LogP contribution in [0.1, 0.15) is 33.2 Å². The Morgan fingerprint density at radius 1 is 0.774 bits per heavy atom. The van der Waals surface area contributed by atoms with E-state index < -0.39 is 0 Å². The number of anilines is 2. The minimum absolute atomic E-state index is 0.177. The van der Waals surface area contributed by atoms with E-state index in [0.717, 1.165) is 5.56 Å². The summed E-state index contributed by atoms with van der Waals surface area (Å²) in [6, 6.07) is 21.3.